The lowest BCUT2D eigenvalue weighted by Crippen LogP contribution is -2.00. The first kappa shape index (κ1) is 19.1. The molecule has 130 valence electrons. The number of aryl methyl sites for hydroxylation is 2. The summed E-state index contributed by atoms with van der Waals surface area (Å²) in [6.45, 7) is 14.1. The van der Waals surface area contributed by atoms with E-state index < -0.39 is 0 Å². The van der Waals surface area contributed by atoms with Crippen molar-refractivity contribution in [2.45, 2.75) is 40.0 Å². The van der Waals surface area contributed by atoms with E-state index in [1.165, 1.54) is 10.4 Å². The Morgan fingerprint density at radius 2 is 1.84 bits per heavy atom. The highest BCUT2D eigenvalue weighted by Gasteiger charge is 2.17. The number of thiophene rings is 1. The maximum Gasteiger partial charge on any atom is 0.161 e. The molecule has 2 heteroatoms. The summed E-state index contributed by atoms with van der Waals surface area (Å²) in [5, 5.41) is 0. The van der Waals surface area contributed by atoms with Crippen molar-refractivity contribution in [3.05, 3.63) is 87.7 Å². The van der Waals surface area contributed by atoms with Crippen LogP contribution in [0.4, 0.5) is 0 Å². The topological polar surface area (TPSA) is 17.1 Å². The van der Waals surface area contributed by atoms with Crippen molar-refractivity contribution >= 4 is 22.7 Å². The van der Waals surface area contributed by atoms with E-state index in [0.29, 0.717) is 0 Å². The first-order valence-electron chi connectivity index (χ1n) is 8.66. The smallest absolute Gasteiger partial charge is 0.161 e. The number of benzene rings is 1. The summed E-state index contributed by atoms with van der Waals surface area (Å²) in [5.74, 6) is 0.169. The summed E-state index contributed by atoms with van der Waals surface area (Å²) >= 11 is 1.75. The summed E-state index contributed by atoms with van der Waals surface area (Å²) in [7, 11) is 0. The van der Waals surface area contributed by atoms with Gasteiger partial charge in [0, 0.05) is 15.3 Å². The van der Waals surface area contributed by atoms with Crippen LogP contribution in [-0.2, 0) is 12.8 Å². The molecule has 2 rings (SSSR count). The number of Topliss-reactive ketones (excluding diaryl/α,β-unsaturated/α-hetero) is 1. The Labute approximate surface area is 155 Å². The van der Waals surface area contributed by atoms with Gasteiger partial charge in [-0.05, 0) is 49.8 Å². The molecule has 0 N–H and O–H groups in total. The van der Waals surface area contributed by atoms with Crippen molar-refractivity contribution < 1.29 is 4.79 Å². The van der Waals surface area contributed by atoms with E-state index in [2.05, 4.69) is 32.2 Å². The Hall–Kier alpha value is -2.19. The molecule has 0 fully saturated rings. The lowest BCUT2D eigenvalue weighted by molar-refractivity contribution is 0.101. The Morgan fingerprint density at radius 3 is 2.44 bits per heavy atom. The van der Waals surface area contributed by atoms with Gasteiger partial charge in [0.1, 0.15) is 0 Å². The molecule has 0 saturated heterocycles. The van der Waals surface area contributed by atoms with E-state index in [4.69, 9.17) is 0 Å². The monoisotopic (exact) mass is 350 g/mol. The third-order valence-corrected chi connectivity index (χ3v) is 5.59. The first-order valence-corrected chi connectivity index (χ1v) is 9.48. The van der Waals surface area contributed by atoms with E-state index in [0.717, 1.165) is 46.4 Å². The van der Waals surface area contributed by atoms with E-state index in [-0.39, 0.29) is 5.78 Å². The molecular weight excluding hydrogens is 324 g/mol. The van der Waals surface area contributed by atoms with Crippen LogP contribution >= 0.6 is 11.3 Å². The van der Waals surface area contributed by atoms with Crippen LogP contribution in [0.2, 0.25) is 0 Å². The second-order valence-corrected chi connectivity index (χ2v) is 7.54. The van der Waals surface area contributed by atoms with Crippen LogP contribution in [0.3, 0.4) is 0 Å². The van der Waals surface area contributed by atoms with Crippen LogP contribution in [-0.4, -0.2) is 5.78 Å². The molecule has 0 amide bonds. The maximum atomic E-state index is 12.0. The number of hydrogen-bond acceptors (Lipinski definition) is 2. The molecular formula is C23H26OS. The number of carbonyl (C=O) groups is 1. The first-order chi connectivity index (χ1) is 11.9. The van der Waals surface area contributed by atoms with Crippen LogP contribution in [0.1, 0.15) is 51.5 Å². The fourth-order valence-corrected chi connectivity index (χ4v) is 4.21. The molecule has 0 radical (unpaired) electrons. The van der Waals surface area contributed by atoms with Gasteiger partial charge in [-0.1, -0.05) is 68.1 Å². The SMILES string of the molecule is C=C(/C=C\C(=C)c1ccccc1)CCc1c(CC)sc(C)c1C(C)=O. The number of rotatable bonds is 8. The highest BCUT2D eigenvalue weighted by molar-refractivity contribution is 7.12. The molecule has 2 aromatic rings. The third-order valence-electron chi connectivity index (χ3n) is 4.30. The summed E-state index contributed by atoms with van der Waals surface area (Å²) < 4.78 is 0. The lowest BCUT2D eigenvalue weighted by Gasteiger charge is -2.06. The summed E-state index contributed by atoms with van der Waals surface area (Å²) in [4.78, 5) is 14.5. The van der Waals surface area contributed by atoms with E-state index >= 15 is 0 Å². The predicted molar refractivity (Wildman–Crippen MR) is 111 cm³/mol. The quantitative estimate of drug-likeness (QED) is 0.388. The van der Waals surface area contributed by atoms with Gasteiger partial charge >= 0.3 is 0 Å². The zero-order valence-electron chi connectivity index (χ0n) is 15.4. The average molecular weight is 351 g/mol. The minimum absolute atomic E-state index is 0.169. The Kier molecular flexibility index (Phi) is 6.72. The van der Waals surface area contributed by atoms with Gasteiger partial charge in [-0.3, -0.25) is 4.79 Å². The van der Waals surface area contributed by atoms with Crippen molar-refractivity contribution in [1.82, 2.24) is 0 Å². The van der Waals surface area contributed by atoms with Gasteiger partial charge in [0.15, 0.2) is 5.78 Å². The number of allylic oxidation sites excluding steroid dienone is 4. The lowest BCUT2D eigenvalue weighted by atomic mass is 9.97. The Bertz CT molecular complexity index is 806. The maximum absolute atomic E-state index is 12.0. The molecule has 0 unspecified atom stereocenters. The molecule has 1 nitrogen and oxygen atoms in total. The minimum atomic E-state index is 0.169. The summed E-state index contributed by atoms with van der Waals surface area (Å²) in [5.41, 5.74) is 5.29. The average Bonchev–Trinajstić information content (AvgIpc) is 2.94. The van der Waals surface area contributed by atoms with Crippen LogP contribution in [0.15, 0.2) is 61.2 Å². The van der Waals surface area contributed by atoms with Crippen molar-refractivity contribution in [2.75, 3.05) is 0 Å². The molecule has 1 aromatic carbocycles. The van der Waals surface area contributed by atoms with Crippen LogP contribution in [0.25, 0.3) is 5.57 Å². The highest BCUT2D eigenvalue weighted by Crippen LogP contribution is 2.31. The van der Waals surface area contributed by atoms with Gasteiger partial charge in [0.2, 0.25) is 0 Å². The predicted octanol–water partition coefficient (Wildman–Crippen LogP) is 6.58. The fourth-order valence-electron chi connectivity index (χ4n) is 3.00. The minimum Gasteiger partial charge on any atom is -0.294 e. The molecule has 0 aliphatic carbocycles. The van der Waals surface area contributed by atoms with Crippen molar-refractivity contribution in [3.8, 4) is 0 Å². The van der Waals surface area contributed by atoms with Crippen LogP contribution < -0.4 is 0 Å². The summed E-state index contributed by atoms with van der Waals surface area (Å²) in [6, 6.07) is 10.1. The molecule has 0 bridgehead atoms. The van der Waals surface area contributed by atoms with Gasteiger partial charge in [-0.15, -0.1) is 11.3 Å². The number of carbonyl (C=O) groups excluding carboxylic acids is 1. The molecule has 0 atom stereocenters. The van der Waals surface area contributed by atoms with Crippen molar-refractivity contribution in [2.24, 2.45) is 0 Å². The molecule has 0 aliphatic heterocycles. The fraction of sp³-hybridized carbons (Fsp3) is 0.261. The second kappa shape index (κ2) is 8.77. The standard InChI is InChI=1S/C23H26OS/c1-6-22-21(23(18(4)24)19(5)25-22)15-13-16(2)12-14-17(3)20-10-8-7-9-11-20/h7-12,14H,2-3,6,13,15H2,1,4-5H3/b14-12-. The Balaban J connectivity index is 2.04. The van der Waals surface area contributed by atoms with E-state index in [9.17, 15) is 4.79 Å². The molecule has 0 spiro atoms. The molecule has 1 heterocycles. The van der Waals surface area contributed by atoms with Gasteiger partial charge in [0.05, 0.1) is 0 Å². The Morgan fingerprint density at radius 1 is 1.16 bits per heavy atom. The van der Waals surface area contributed by atoms with Gasteiger partial charge in [0.25, 0.3) is 0 Å². The normalized spacial score (nSPS) is 11.0. The molecule has 1 aromatic heterocycles. The van der Waals surface area contributed by atoms with Crippen molar-refractivity contribution in [3.63, 3.8) is 0 Å². The number of hydrogen-bond donors (Lipinski definition) is 0. The van der Waals surface area contributed by atoms with Gasteiger partial charge in [-0.2, -0.15) is 0 Å². The van der Waals surface area contributed by atoms with E-state index in [1.807, 2.05) is 37.3 Å². The second-order valence-electron chi connectivity index (χ2n) is 6.23. The zero-order chi connectivity index (χ0) is 18.4. The van der Waals surface area contributed by atoms with E-state index in [1.54, 1.807) is 18.3 Å². The molecule has 0 saturated carbocycles. The van der Waals surface area contributed by atoms with Gasteiger partial charge < -0.3 is 0 Å². The van der Waals surface area contributed by atoms with Crippen molar-refractivity contribution in [1.29, 1.82) is 0 Å². The molecule has 25 heavy (non-hydrogen) atoms. The summed E-state index contributed by atoms with van der Waals surface area (Å²) in [6.07, 6.45) is 6.74. The molecule has 0 aliphatic rings. The van der Waals surface area contributed by atoms with Crippen LogP contribution in [0, 0.1) is 6.92 Å². The largest absolute Gasteiger partial charge is 0.294 e. The van der Waals surface area contributed by atoms with Gasteiger partial charge in [-0.25, -0.2) is 0 Å². The number of ketones is 1. The van der Waals surface area contributed by atoms with Crippen LogP contribution in [0.5, 0.6) is 0 Å². The zero-order valence-corrected chi connectivity index (χ0v) is 16.2. The third kappa shape index (κ3) is 4.90. The highest BCUT2D eigenvalue weighted by atomic mass is 32.1.